The van der Waals surface area contributed by atoms with Gasteiger partial charge in [-0.25, -0.2) is 0 Å². The van der Waals surface area contributed by atoms with E-state index in [4.69, 9.17) is 0 Å². The normalized spacial score (nSPS) is 17.2. The lowest BCUT2D eigenvalue weighted by Gasteiger charge is -2.07. The minimum absolute atomic E-state index is 0.543. The molecule has 0 saturated heterocycles. The van der Waals surface area contributed by atoms with Crippen LogP contribution in [-0.4, -0.2) is 0 Å². The molecule has 0 bridgehead atoms. The van der Waals surface area contributed by atoms with Crippen molar-refractivity contribution in [2.45, 2.75) is 12.3 Å². The molecule has 0 nitrogen and oxygen atoms in total. The highest BCUT2D eigenvalue weighted by Crippen LogP contribution is 2.32. The van der Waals surface area contributed by atoms with Gasteiger partial charge in [-0.05, 0) is 23.1 Å². The van der Waals surface area contributed by atoms with Crippen molar-refractivity contribution in [1.29, 1.82) is 0 Å². The van der Waals surface area contributed by atoms with Crippen molar-refractivity contribution in [3.05, 3.63) is 83.4 Å². The number of hydrogen-bond donors (Lipinski definition) is 0. The third kappa shape index (κ3) is 2.28. The minimum Gasteiger partial charge on any atom is -0.0830 e. The molecule has 0 N–H and O–H groups in total. The van der Waals surface area contributed by atoms with Crippen LogP contribution in [0, 0.1) is 0 Å². The van der Waals surface area contributed by atoms with Crippen LogP contribution in [0.1, 0.15) is 29.0 Å². The van der Waals surface area contributed by atoms with Crippen molar-refractivity contribution in [1.82, 2.24) is 0 Å². The average molecular weight is 232 g/mol. The van der Waals surface area contributed by atoms with Gasteiger partial charge in [-0.1, -0.05) is 78.9 Å². The van der Waals surface area contributed by atoms with E-state index in [0.29, 0.717) is 5.92 Å². The standard InChI is InChI=1S/C18H16/c1-2-7-15(8-3-1)9-6-11-17-14-13-16-10-4-5-12-18(16)17/h1-10,12-14,17H,11H2. The van der Waals surface area contributed by atoms with Gasteiger partial charge in [0, 0.05) is 5.92 Å². The van der Waals surface area contributed by atoms with Gasteiger partial charge in [0.05, 0.1) is 0 Å². The molecule has 0 amide bonds. The Morgan fingerprint density at radius 2 is 1.67 bits per heavy atom. The highest BCUT2D eigenvalue weighted by molar-refractivity contribution is 5.62. The maximum Gasteiger partial charge on any atom is 0.00618 e. The van der Waals surface area contributed by atoms with Gasteiger partial charge < -0.3 is 0 Å². The molecule has 0 heterocycles. The molecule has 0 aliphatic heterocycles. The van der Waals surface area contributed by atoms with Crippen LogP contribution >= 0.6 is 0 Å². The first-order valence-electron chi connectivity index (χ1n) is 6.42. The highest BCUT2D eigenvalue weighted by atomic mass is 14.2. The monoisotopic (exact) mass is 232 g/mol. The molecule has 0 saturated carbocycles. The Bertz CT molecular complexity index is 576. The van der Waals surface area contributed by atoms with Gasteiger partial charge in [0.25, 0.3) is 0 Å². The fraction of sp³-hybridized carbons (Fsp3) is 0.111. The van der Waals surface area contributed by atoms with Crippen LogP contribution in [0.4, 0.5) is 0 Å². The summed E-state index contributed by atoms with van der Waals surface area (Å²) >= 11 is 0. The van der Waals surface area contributed by atoms with Crippen LogP contribution in [0.25, 0.3) is 12.2 Å². The van der Waals surface area contributed by atoms with E-state index < -0.39 is 0 Å². The molecule has 0 fully saturated rings. The third-order valence-corrected chi connectivity index (χ3v) is 3.40. The van der Waals surface area contributed by atoms with E-state index in [2.05, 4.69) is 72.8 Å². The summed E-state index contributed by atoms with van der Waals surface area (Å²) in [4.78, 5) is 0. The van der Waals surface area contributed by atoms with Gasteiger partial charge in [0.15, 0.2) is 0 Å². The summed E-state index contributed by atoms with van der Waals surface area (Å²) in [5, 5.41) is 0. The third-order valence-electron chi connectivity index (χ3n) is 3.40. The lowest BCUT2D eigenvalue weighted by molar-refractivity contribution is 0.882. The van der Waals surface area contributed by atoms with Crippen LogP contribution in [0.15, 0.2) is 66.7 Å². The van der Waals surface area contributed by atoms with Gasteiger partial charge in [-0.15, -0.1) is 0 Å². The Labute approximate surface area is 108 Å². The van der Waals surface area contributed by atoms with Gasteiger partial charge >= 0.3 is 0 Å². The van der Waals surface area contributed by atoms with Crippen molar-refractivity contribution in [3.8, 4) is 0 Å². The summed E-state index contributed by atoms with van der Waals surface area (Å²) in [7, 11) is 0. The van der Waals surface area contributed by atoms with E-state index in [1.807, 2.05) is 6.07 Å². The second-order valence-electron chi connectivity index (χ2n) is 4.64. The molecule has 3 rings (SSSR count). The SMILES string of the molecule is C(=Cc1ccccc1)CC1C=Cc2ccccc21. The molecular weight excluding hydrogens is 216 g/mol. The smallest absolute Gasteiger partial charge is 0.00618 e. The van der Waals surface area contributed by atoms with Crippen molar-refractivity contribution < 1.29 is 0 Å². The van der Waals surface area contributed by atoms with Gasteiger partial charge in [0.1, 0.15) is 0 Å². The lowest BCUT2D eigenvalue weighted by Crippen LogP contribution is -1.90. The predicted molar refractivity (Wildman–Crippen MR) is 78.3 cm³/mol. The fourth-order valence-electron chi connectivity index (χ4n) is 2.44. The Morgan fingerprint density at radius 3 is 2.56 bits per heavy atom. The largest absolute Gasteiger partial charge is 0.0830 e. The van der Waals surface area contributed by atoms with Crippen molar-refractivity contribution >= 4 is 12.2 Å². The van der Waals surface area contributed by atoms with Crippen LogP contribution in [0.2, 0.25) is 0 Å². The van der Waals surface area contributed by atoms with Crippen molar-refractivity contribution in [2.75, 3.05) is 0 Å². The zero-order valence-electron chi connectivity index (χ0n) is 10.3. The maximum absolute atomic E-state index is 2.31. The van der Waals surface area contributed by atoms with Gasteiger partial charge in [0.2, 0.25) is 0 Å². The molecular formula is C18H16. The number of allylic oxidation sites excluding steroid dienone is 2. The van der Waals surface area contributed by atoms with E-state index >= 15 is 0 Å². The first kappa shape index (κ1) is 11.0. The Kier molecular flexibility index (Phi) is 3.10. The molecule has 0 aromatic heterocycles. The maximum atomic E-state index is 2.31. The molecule has 2 aromatic rings. The number of rotatable bonds is 3. The molecule has 1 atom stereocenters. The Balaban J connectivity index is 1.69. The lowest BCUT2D eigenvalue weighted by atomic mass is 9.97. The van der Waals surface area contributed by atoms with E-state index in [0.717, 1.165) is 6.42 Å². The molecule has 1 aliphatic carbocycles. The summed E-state index contributed by atoms with van der Waals surface area (Å²) in [6.07, 6.45) is 10.1. The molecule has 0 radical (unpaired) electrons. The van der Waals surface area contributed by atoms with E-state index in [9.17, 15) is 0 Å². The first-order chi connectivity index (χ1) is 8.93. The van der Waals surface area contributed by atoms with Gasteiger partial charge in [-0.3, -0.25) is 0 Å². The second kappa shape index (κ2) is 5.05. The van der Waals surface area contributed by atoms with E-state index in [1.54, 1.807) is 0 Å². The van der Waals surface area contributed by atoms with Gasteiger partial charge in [-0.2, -0.15) is 0 Å². The number of hydrogen-bond acceptors (Lipinski definition) is 0. The quantitative estimate of drug-likeness (QED) is 0.706. The molecule has 0 spiro atoms. The zero-order chi connectivity index (χ0) is 12.2. The molecule has 88 valence electrons. The highest BCUT2D eigenvalue weighted by Gasteiger charge is 2.14. The number of fused-ring (bicyclic) bond motifs is 1. The minimum atomic E-state index is 0.543. The Hall–Kier alpha value is -2.08. The van der Waals surface area contributed by atoms with Crippen LogP contribution < -0.4 is 0 Å². The van der Waals surface area contributed by atoms with Crippen LogP contribution in [0.3, 0.4) is 0 Å². The predicted octanol–water partition coefficient (Wildman–Crippen LogP) is 4.90. The van der Waals surface area contributed by atoms with E-state index in [-0.39, 0.29) is 0 Å². The first-order valence-corrected chi connectivity index (χ1v) is 6.42. The van der Waals surface area contributed by atoms with Crippen LogP contribution in [0.5, 0.6) is 0 Å². The summed E-state index contributed by atoms with van der Waals surface area (Å²) in [6.45, 7) is 0. The van der Waals surface area contributed by atoms with Crippen LogP contribution in [-0.2, 0) is 0 Å². The molecule has 0 heteroatoms. The fourth-order valence-corrected chi connectivity index (χ4v) is 2.44. The molecule has 1 aliphatic rings. The summed E-state index contributed by atoms with van der Waals surface area (Å²) in [5.74, 6) is 0.543. The molecule has 2 aromatic carbocycles. The average Bonchev–Trinajstić information content (AvgIpc) is 2.84. The Morgan fingerprint density at radius 1 is 0.889 bits per heavy atom. The summed E-state index contributed by atoms with van der Waals surface area (Å²) < 4.78 is 0. The zero-order valence-corrected chi connectivity index (χ0v) is 10.3. The number of benzene rings is 2. The molecule has 1 unspecified atom stereocenters. The van der Waals surface area contributed by atoms with E-state index in [1.165, 1.54) is 16.7 Å². The second-order valence-corrected chi connectivity index (χ2v) is 4.64. The summed E-state index contributed by atoms with van der Waals surface area (Å²) in [6, 6.07) is 19.1. The molecule has 18 heavy (non-hydrogen) atoms. The van der Waals surface area contributed by atoms with Crippen molar-refractivity contribution in [2.24, 2.45) is 0 Å². The topological polar surface area (TPSA) is 0 Å². The van der Waals surface area contributed by atoms with Crippen molar-refractivity contribution in [3.63, 3.8) is 0 Å². The summed E-state index contributed by atoms with van der Waals surface area (Å²) in [5.41, 5.74) is 4.10.